The van der Waals surface area contributed by atoms with Gasteiger partial charge in [0, 0.05) is 23.8 Å². The molecule has 2 heterocycles. The molecule has 0 bridgehead atoms. The number of hydrogen-bond donors (Lipinski definition) is 0. The maximum absolute atomic E-state index is 4.56. The van der Waals surface area contributed by atoms with Gasteiger partial charge in [-0.2, -0.15) is 0 Å². The molecule has 0 unspecified atom stereocenters. The first kappa shape index (κ1) is 16.6. The number of hydrogen-bond acceptors (Lipinski definition) is 3. The molecule has 2 aromatic rings. The molecule has 0 radical (unpaired) electrons. The minimum atomic E-state index is 0.127. The topological polar surface area (TPSA) is 38.7 Å². The summed E-state index contributed by atoms with van der Waals surface area (Å²) in [6.45, 7) is 11.4. The second kappa shape index (κ2) is 6.55. The minimum Gasteiger partial charge on any atom is -0.261 e. The maximum Gasteiger partial charge on any atom is 0.115 e. The van der Waals surface area contributed by atoms with Crippen molar-refractivity contribution in [2.45, 2.75) is 53.9 Å². The van der Waals surface area contributed by atoms with Gasteiger partial charge in [-0.3, -0.25) is 4.98 Å². The molecule has 3 nitrogen and oxygen atoms in total. The van der Waals surface area contributed by atoms with E-state index in [1.165, 1.54) is 11.3 Å². The van der Waals surface area contributed by atoms with E-state index >= 15 is 0 Å². The lowest BCUT2D eigenvalue weighted by Crippen LogP contribution is -2.20. The summed E-state index contributed by atoms with van der Waals surface area (Å²) < 4.78 is 0. The van der Waals surface area contributed by atoms with Crippen LogP contribution in [0.2, 0.25) is 0 Å². The van der Waals surface area contributed by atoms with Crippen LogP contribution in [0, 0.1) is 10.8 Å². The van der Waals surface area contributed by atoms with Gasteiger partial charge in [-0.05, 0) is 53.9 Å². The van der Waals surface area contributed by atoms with Crippen molar-refractivity contribution in [3.63, 3.8) is 0 Å². The zero-order valence-electron chi connectivity index (χ0n) is 14.4. The van der Waals surface area contributed by atoms with Crippen LogP contribution in [0.25, 0.3) is 0 Å². The normalized spacial score (nSPS) is 12.4. The highest BCUT2D eigenvalue weighted by Crippen LogP contribution is 2.26. The highest BCUT2D eigenvalue weighted by Gasteiger charge is 2.21. The zero-order valence-corrected chi connectivity index (χ0v) is 14.4. The summed E-state index contributed by atoms with van der Waals surface area (Å²) in [5, 5.41) is 0. The Morgan fingerprint density at radius 1 is 0.818 bits per heavy atom. The van der Waals surface area contributed by atoms with Crippen LogP contribution in [-0.2, 0) is 19.3 Å². The molecule has 2 aromatic heterocycles. The predicted octanol–water partition coefficient (Wildman–Crippen LogP) is 4.27. The summed E-state index contributed by atoms with van der Waals surface area (Å²) in [5.41, 5.74) is 4.05. The Hall–Kier alpha value is -1.77. The van der Waals surface area contributed by atoms with E-state index < -0.39 is 0 Å². The van der Waals surface area contributed by atoms with Crippen molar-refractivity contribution in [3.8, 4) is 0 Å². The van der Waals surface area contributed by atoms with Gasteiger partial charge in [-0.1, -0.05) is 34.6 Å². The van der Waals surface area contributed by atoms with Gasteiger partial charge in [0.25, 0.3) is 0 Å². The van der Waals surface area contributed by atoms with Gasteiger partial charge >= 0.3 is 0 Å². The van der Waals surface area contributed by atoms with Gasteiger partial charge in [0.15, 0.2) is 0 Å². The molecule has 0 amide bonds. The van der Waals surface area contributed by atoms with Gasteiger partial charge in [-0.15, -0.1) is 0 Å². The first-order valence-corrected chi connectivity index (χ1v) is 7.92. The molecule has 0 aliphatic carbocycles. The smallest absolute Gasteiger partial charge is 0.115 e. The van der Waals surface area contributed by atoms with Gasteiger partial charge in [-0.25, -0.2) is 9.97 Å². The molecule has 118 valence electrons. The SMILES string of the molecule is CC(C)(C)Cc1ccnc(CC(C)(C)Cc2ccncn2)c1. The summed E-state index contributed by atoms with van der Waals surface area (Å²) in [6.07, 6.45) is 8.33. The molecule has 0 saturated heterocycles. The van der Waals surface area contributed by atoms with E-state index in [2.05, 4.69) is 61.7 Å². The van der Waals surface area contributed by atoms with Crippen molar-refractivity contribution in [2.75, 3.05) is 0 Å². The standard InChI is InChI=1S/C19H27N3/c1-18(2,3)11-15-6-9-21-17(10-15)13-19(4,5)12-16-7-8-20-14-22-16/h6-10,14H,11-13H2,1-5H3. The molecule has 3 heteroatoms. The Kier molecular flexibility index (Phi) is 4.94. The Labute approximate surface area is 134 Å². The third-order valence-corrected chi connectivity index (χ3v) is 3.58. The molecule has 0 spiro atoms. The van der Waals surface area contributed by atoms with Gasteiger partial charge < -0.3 is 0 Å². The van der Waals surface area contributed by atoms with E-state index in [1.54, 1.807) is 12.5 Å². The van der Waals surface area contributed by atoms with E-state index in [1.807, 2.05) is 12.3 Å². The lowest BCUT2D eigenvalue weighted by atomic mass is 9.82. The largest absolute Gasteiger partial charge is 0.261 e. The Bertz CT molecular complexity index is 598. The van der Waals surface area contributed by atoms with Crippen LogP contribution in [0.3, 0.4) is 0 Å². The van der Waals surface area contributed by atoms with Crippen LogP contribution in [-0.4, -0.2) is 15.0 Å². The van der Waals surface area contributed by atoms with Crippen molar-refractivity contribution < 1.29 is 0 Å². The van der Waals surface area contributed by atoms with Gasteiger partial charge in [0.2, 0.25) is 0 Å². The molecule has 2 rings (SSSR count). The van der Waals surface area contributed by atoms with Crippen LogP contribution < -0.4 is 0 Å². The number of nitrogens with zero attached hydrogens (tertiary/aromatic N) is 3. The lowest BCUT2D eigenvalue weighted by Gasteiger charge is -2.24. The maximum atomic E-state index is 4.56. The average molecular weight is 297 g/mol. The van der Waals surface area contributed by atoms with Crippen molar-refractivity contribution in [1.29, 1.82) is 0 Å². The van der Waals surface area contributed by atoms with Crippen LogP contribution in [0.1, 0.15) is 51.6 Å². The number of aromatic nitrogens is 3. The van der Waals surface area contributed by atoms with Crippen LogP contribution in [0.4, 0.5) is 0 Å². The second-order valence-electron chi connectivity index (χ2n) is 8.11. The van der Waals surface area contributed by atoms with Gasteiger partial charge in [0.1, 0.15) is 6.33 Å². The molecule has 0 N–H and O–H groups in total. The highest BCUT2D eigenvalue weighted by atomic mass is 14.8. The third kappa shape index (κ3) is 5.55. The highest BCUT2D eigenvalue weighted by molar-refractivity contribution is 5.19. The van der Waals surface area contributed by atoms with Crippen molar-refractivity contribution >= 4 is 0 Å². The fourth-order valence-corrected chi connectivity index (χ4v) is 2.81. The third-order valence-electron chi connectivity index (χ3n) is 3.58. The summed E-state index contributed by atoms with van der Waals surface area (Å²) in [4.78, 5) is 12.9. The molecule has 0 aromatic carbocycles. The monoisotopic (exact) mass is 297 g/mol. The molecule has 22 heavy (non-hydrogen) atoms. The van der Waals surface area contributed by atoms with Crippen LogP contribution in [0.5, 0.6) is 0 Å². The van der Waals surface area contributed by atoms with E-state index in [9.17, 15) is 0 Å². The van der Waals surface area contributed by atoms with Crippen molar-refractivity contribution in [2.24, 2.45) is 10.8 Å². The van der Waals surface area contributed by atoms with Crippen molar-refractivity contribution in [1.82, 2.24) is 15.0 Å². The molecular weight excluding hydrogens is 270 g/mol. The van der Waals surface area contributed by atoms with E-state index in [0.717, 1.165) is 25.0 Å². The lowest BCUT2D eigenvalue weighted by molar-refractivity contribution is 0.352. The van der Waals surface area contributed by atoms with Gasteiger partial charge in [0.05, 0.1) is 0 Å². The molecule has 0 saturated carbocycles. The average Bonchev–Trinajstić information content (AvgIpc) is 2.36. The second-order valence-corrected chi connectivity index (χ2v) is 8.11. The molecule has 0 aliphatic rings. The first-order valence-electron chi connectivity index (χ1n) is 7.92. The minimum absolute atomic E-state index is 0.127. The molecular formula is C19H27N3. The zero-order chi connectivity index (χ0) is 16.2. The Morgan fingerprint density at radius 3 is 2.18 bits per heavy atom. The summed E-state index contributed by atoms with van der Waals surface area (Å²) in [5.74, 6) is 0. The molecule has 0 aliphatic heterocycles. The number of pyridine rings is 1. The quantitative estimate of drug-likeness (QED) is 0.827. The molecule has 0 atom stereocenters. The molecule has 0 fully saturated rings. The Morgan fingerprint density at radius 2 is 1.55 bits per heavy atom. The fourth-order valence-electron chi connectivity index (χ4n) is 2.81. The predicted molar refractivity (Wildman–Crippen MR) is 90.6 cm³/mol. The van der Waals surface area contributed by atoms with E-state index in [-0.39, 0.29) is 5.41 Å². The fraction of sp³-hybridized carbons (Fsp3) is 0.526. The van der Waals surface area contributed by atoms with Crippen molar-refractivity contribution in [3.05, 3.63) is 53.9 Å². The summed E-state index contributed by atoms with van der Waals surface area (Å²) >= 11 is 0. The van der Waals surface area contributed by atoms with Crippen LogP contribution >= 0.6 is 0 Å². The number of rotatable bonds is 5. The van der Waals surface area contributed by atoms with E-state index in [0.29, 0.717) is 5.41 Å². The Balaban J connectivity index is 2.07. The van der Waals surface area contributed by atoms with E-state index in [4.69, 9.17) is 0 Å². The first-order chi connectivity index (χ1) is 10.2. The summed E-state index contributed by atoms with van der Waals surface area (Å²) in [6, 6.07) is 6.38. The summed E-state index contributed by atoms with van der Waals surface area (Å²) in [7, 11) is 0. The van der Waals surface area contributed by atoms with Crippen LogP contribution in [0.15, 0.2) is 36.9 Å².